The van der Waals surface area contributed by atoms with Crippen LogP contribution in [-0.4, -0.2) is 45.9 Å². The van der Waals surface area contributed by atoms with Crippen molar-refractivity contribution in [3.8, 4) is 10.6 Å². The predicted molar refractivity (Wildman–Crippen MR) is 130 cm³/mol. The van der Waals surface area contributed by atoms with E-state index in [0.717, 1.165) is 4.88 Å². The number of benzene rings is 1. The van der Waals surface area contributed by atoms with Gasteiger partial charge in [-0.15, -0.1) is 11.3 Å². The van der Waals surface area contributed by atoms with Gasteiger partial charge in [-0.2, -0.15) is 0 Å². The molecule has 4 aromatic rings. The summed E-state index contributed by atoms with van der Waals surface area (Å²) in [6.45, 7) is 4.27. The minimum atomic E-state index is -0.537. The molecule has 1 aromatic carbocycles. The molecule has 3 amide bonds. The van der Waals surface area contributed by atoms with Gasteiger partial charge in [0.2, 0.25) is 11.8 Å². The van der Waals surface area contributed by atoms with Crippen LogP contribution >= 0.6 is 11.3 Å². The number of aryl methyl sites for hydroxylation is 1. The molecule has 0 atom stereocenters. The number of aromatic nitrogens is 2. The van der Waals surface area contributed by atoms with Crippen LogP contribution in [0.3, 0.4) is 0 Å². The third-order valence-electron chi connectivity index (χ3n) is 5.35. The highest BCUT2D eigenvalue weighted by molar-refractivity contribution is 7.13. The van der Waals surface area contributed by atoms with Crippen LogP contribution in [0.1, 0.15) is 39.8 Å². The van der Waals surface area contributed by atoms with Gasteiger partial charge in [-0.05, 0) is 55.6 Å². The van der Waals surface area contributed by atoms with Gasteiger partial charge in [0.1, 0.15) is 0 Å². The lowest BCUT2D eigenvalue weighted by atomic mass is 10.1. The Kier molecular flexibility index (Phi) is 6.69. The number of nitrogens with two attached hydrogens (primary N) is 1. The lowest BCUT2D eigenvalue weighted by Gasteiger charge is -2.21. The van der Waals surface area contributed by atoms with Gasteiger partial charge >= 0.3 is 0 Å². The second-order valence-electron chi connectivity index (χ2n) is 7.61. The molecule has 0 unspecified atom stereocenters. The molecule has 0 aliphatic carbocycles. The molecule has 3 aromatic heterocycles. The number of hydrogen-bond donors (Lipinski definition) is 2. The maximum absolute atomic E-state index is 13.5. The smallest absolute Gasteiger partial charge is 0.259 e. The Morgan fingerprint density at radius 3 is 2.59 bits per heavy atom. The number of fused-ring (bicyclic) bond motifs is 1. The minimum Gasteiger partial charge on any atom is -0.366 e. The van der Waals surface area contributed by atoms with Crippen LogP contribution in [-0.2, 0) is 4.79 Å². The van der Waals surface area contributed by atoms with Gasteiger partial charge in [-0.1, -0.05) is 11.2 Å². The average Bonchev–Trinajstić information content (AvgIpc) is 3.49. The second kappa shape index (κ2) is 9.84. The van der Waals surface area contributed by atoms with E-state index >= 15 is 0 Å². The van der Waals surface area contributed by atoms with Gasteiger partial charge in [-0.25, -0.2) is 4.98 Å². The van der Waals surface area contributed by atoms with E-state index in [9.17, 15) is 14.4 Å². The number of nitrogens with zero attached hydrogens (tertiary/aromatic N) is 3. The van der Waals surface area contributed by atoms with E-state index < -0.39 is 5.91 Å². The SMILES string of the molecule is CCN(CCC(=O)Nc1ccc(C(N)=O)cc1)C(=O)c1cc(-c2cccs2)nc2onc(C)c12. The largest absolute Gasteiger partial charge is 0.366 e. The Hall–Kier alpha value is -4.05. The predicted octanol–water partition coefficient (Wildman–Crippen LogP) is 3.85. The highest BCUT2D eigenvalue weighted by Gasteiger charge is 2.23. The summed E-state index contributed by atoms with van der Waals surface area (Å²) in [5, 5.41) is 9.26. The minimum absolute atomic E-state index is 0.103. The number of pyridine rings is 1. The van der Waals surface area contributed by atoms with Crippen molar-refractivity contribution < 1.29 is 18.9 Å². The van der Waals surface area contributed by atoms with Crippen molar-refractivity contribution in [2.75, 3.05) is 18.4 Å². The monoisotopic (exact) mass is 477 g/mol. The first-order valence-corrected chi connectivity index (χ1v) is 11.5. The lowest BCUT2D eigenvalue weighted by Crippen LogP contribution is -2.34. The summed E-state index contributed by atoms with van der Waals surface area (Å²) >= 11 is 1.52. The Morgan fingerprint density at radius 1 is 1.18 bits per heavy atom. The summed E-state index contributed by atoms with van der Waals surface area (Å²) in [6, 6.07) is 11.9. The van der Waals surface area contributed by atoms with Crippen molar-refractivity contribution in [3.63, 3.8) is 0 Å². The first kappa shape index (κ1) is 23.1. The lowest BCUT2D eigenvalue weighted by molar-refractivity contribution is -0.116. The molecule has 3 N–H and O–H groups in total. The Balaban J connectivity index is 1.50. The first-order chi connectivity index (χ1) is 16.4. The van der Waals surface area contributed by atoms with Crippen LogP contribution in [0.15, 0.2) is 52.4 Å². The normalized spacial score (nSPS) is 10.9. The molecule has 4 rings (SSSR count). The van der Waals surface area contributed by atoms with E-state index in [-0.39, 0.29) is 24.8 Å². The van der Waals surface area contributed by atoms with Gasteiger partial charge in [0.05, 0.1) is 27.2 Å². The number of nitrogens with one attached hydrogen (secondary N) is 1. The first-order valence-electron chi connectivity index (χ1n) is 10.7. The Bertz CT molecular complexity index is 1350. The van der Waals surface area contributed by atoms with E-state index in [4.69, 9.17) is 10.3 Å². The average molecular weight is 478 g/mol. The number of amides is 3. The van der Waals surface area contributed by atoms with Crippen molar-refractivity contribution in [2.45, 2.75) is 20.3 Å². The van der Waals surface area contributed by atoms with Gasteiger partial charge < -0.3 is 20.5 Å². The number of carbonyl (C=O) groups excluding carboxylic acids is 3. The maximum Gasteiger partial charge on any atom is 0.259 e. The molecular weight excluding hydrogens is 454 g/mol. The van der Waals surface area contributed by atoms with E-state index in [1.165, 1.54) is 11.3 Å². The molecule has 3 heterocycles. The Labute approximate surface area is 199 Å². The van der Waals surface area contributed by atoms with Gasteiger partial charge in [0.15, 0.2) is 0 Å². The second-order valence-corrected chi connectivity index (χ2v) is 8.55. The van der Waals surface area contributed by atoms with Crippen LogP contribution < -0.4 is 11.1 Å². The fraction of sp³-hybridized carbons (Fsp3) is 0.208. The fourth-order valence-corrected chi connectivity index (χ4v) is 4.25. The van der Waals surface area contributed by atoms with Gasteiger partial charge in [0, 0.05) is 30.8 Å². The van der Waals surface area contributed by atoms with Crippen molar-refractivity contribution >= 4 is 45.8 Å². The summed E-state index contributed by atoms with van der Waals surface area (Å²) in [5.41, 5.74) is 8.10. The standard InChI is InChI=1S/C24H23N5O4S/c1-3-29(11-10-20(30)26-16-8-6-15(7-9-16)22(25)31)24(32)17-13-18(19-5-4-12-34-19)27-23-21(17)14(2)28-33-23/h4-9,12-13H,3,10-11H2,1-2H3,(H2,25,31)(H,26,30). The van der Waals surface area contributed by atoms with E-state index in [2.05, 4.69) is 15.5 Å². The molecule has 174 valence electrons. The Morgan fingerprint density at radius 2 is 1.94 bits per heavy atom. The van der Waals surface area contributed by atoms with Crippen LogP contribution in [0.5, 0.6) is 0 Å². The number of carbonyl (C=O) groups is 3. The summed E-state index contributed by atoms with van der Waals surface area (Å²) in [7, 11) is 0. The number of primary amides is 1. The van der Waals surface area contributed by atoms with Crippen LogP contribution in [0.4, 0.5) is 5.69 Å². The third kappa shape index (κ3) is 4.81. The summed E-state index contributed by atoms with van der Waals surface area (Å²) in [4.78, 5) is 44.2. The molecule has 0 saturated carbocycles. The zero-order valence-electron chi connectivity index (χ0n) is 18.7. The number of anilines is 1. The molecule has 0 aliphatic heterocycles. The van der Waals surface area contributed by atoms with Crippen molar-refractivity contribution in [2.24, 2.45) is 5.73 Å². The van der Waals surface area contributed by atoms with Gasteiger partial charge in [-0.3, -0.25) is 14.4 Å². The maximum atomic E-state index is 13.5. The molecule has 0 fully saturated rings. The van der Waals surface area contributed by atoms with E-state index in [1.807, 2.05) is 24.4 Å². The quantitative estimate of drug-likeness (QED) is 0.396. The molecule has 0 aliphatic rings. The van der Waals surface area contributed by atoms with E-state index in [0.29, 0.717) is 45.8 Å². The topological polar surface area (TPSA) is 131 Å². The highest BCUT2D eigenvalue weighted by Crippen LogP contribution is 2.30. The molecule has 0 saturated heterocycles. The highest BCUT2D eigenvalue weighted by atomic mass is 32.1. The van der Waals surface area contributed by atoms with Crippen LogP contribution in [0, 0.1) is 6.92 Å². The molecule has 0 radical (unpaired) electrons. The zero-order chi connectivity index (χ0) is 24.2. The fourth-order valence-electron chi connectivity index (χ4n) is 3.57. The molecule has 9 nitrogen and oxygen atoms in total. The number of thiophene rings is 1. The van der Waals surface area contributed by atoms with Gasteiger partial charge in [0.25, 0.3) is 11.6 Å². The molecule has 0 bridgehead atoms. The van der Waals surface area contributed by atoms with Crippen molar-refractivity contribution in [3.05, 3.63) is 64.7 Å². The summed E-state index contributed by atoms with van der Waals surface area (Å²) in [6.07, 6.45) is 0.103. The molecule has 10 heteroatoms. The third-order valence-corrected chi connectivity index (χ3v) is 6.24. The van der Waals surface area contributed by atoms with E-state index in [1.54, 1.807) is 42.2 Å². The number of rotatable bonds is 8. The number of hydrogen-bond acceptors (Lipinski definition) is 7. The van der Waals surface area contributed by atoms with Crippen LogP contribution in [0.25, 0.3) is 21.7 Å². The van der Waals surface area contributed by atoms with Crippen molar-refractivity contribution in [1.29, 1.82) is 0 Å². The molecular formula is C24H23N5O4S. The molecule has 34 heavy (non-hydrogen) atoms. The molecule has 0 spiro atoms. The summed E-state index contributed by atoms with van der Waals surface area (Å²) in [5.74, 6) is -1.01. The van der Waals surface area contributed by atoms with Crippen LogP contribution in [0.2, 0.25) is 0 Å². The zero-order valence-corrected chi connectivity index (χ0v) is 19.5. The summed E-state index contributed by atoms with van der Waals surface area (Å²) < 4.78 is 5.36. The van der Waals surface area contributed by atoms with Crippen molar-refractivity contribution in [1.82, 2.24) is 15.0 Å².